The second kappa shape index (κ2) is 6.52. The first-order chi connectivity index (χ1) is 12.4. The standard InChI is InChI=1S/C16H20N4O4S2/c1-6(21)12-10-3-11(13(15(23)24)20(10)14(12)22)26-7-2-8(18-4-7)9-5-25-16(17)19-9/h5-8,10,12,18,21H,2-4H2,1H3,(H2,17,19)(H,23,24)/t6-,7+,8+,10-,12-/m1/s1. The van der Waals surface area contributed by atoms with Gasteiger partial charge in [-0.3, -0.25) is 4.79 Å². The summed E-state index contributed by atoms with van der Waals surface area (Å²) in [5.74, 6) is -1.88. The van der Waals surface area contributed by atoms with Crippen molar-refractivity contribution in [2.24, 2.45) is 5.92 Å². The molecule has 8 nitrogen and oxygen atoms in total. The maximum absolute atomic E-state index is 12.2. The number of carboxylic acid groups (broad SMARTS) is 1. The van der Waals surface area contributed by atoms with Gasteiger partial charge in [0.1, 0.15) is 5.70 Å². The number of aliphatic hydroxyl groups is 1. The molecule has 1 amide bonds. The summed E-state index contributed by atoms with van der Waals surface area (Å²) in [6.45, 7) is 2.32. The SMILES string of the molecule is C[C@@H](O)[C@H]1C(=O)N2C(C(=O)O)=C(S[C@@H]3CN[C@H](c4csc(N)n4)C3)C[C@H]12. The summed E-state index contributed by atoms with van der Waals surface area (Å²) in [7, 11) is 0. The number of β-lactam (4-membered cyclic amide) rings is 1. The molecule has 5 atom stereocenters. The molecule has 4 heterocycles. The van der Waals surface area contributed by atoms with E-state index in [2.05, 4.69) is 10.3 Å². The van der Waals surface area contributed by atoms with Crippen molar-refractivity contribution in [3.05, 3.63) is 21.7 Å². The normalized spacial score (nSPS) is 31.9. The fourth-order valence-electron chi connectivity index (χ4n) is 4.02. The summed E-state index contributed by atoms with van der Waals surface area (Å²) in [5, 5.41) is 25.5. The van der Waals surface area contributed by atoms with Crippen LogP contribution in [0, 0.1) is 5.92 Å². The predicted octanol–water partition coefficient (Wildman–Crippen LogP) is 0.769. The van der Waals surface area contributed by atoms with E-state index in [9.17, 15) is 19.8 Å². The first kappa shape index (κ1) is 17.8. The number of nitrogens with two attached hydrogens (primary N) is 1. The molecule has 3 aliphatic rings. The van der Waals surface area contributed by atoms with Crippen molar-refractivity contribution in [2.45, 2.75) is 43.2 Å². The van der Waals surface area contributed by atoms with Gasteiger partial charge in [0.2, 0.25) is 5.91 Å². The largest absolute Gasteiger partial charge is 0.477 e. The van der Waals surface area contributed by atoms with Crippen molar-refractivity contribution >= 4 is 40.1 Å². The molecule has 0 saturated carbocycles. The van der Waals surface area contributed by atoms with Gasteiger partial charge in [-0.05, 0) is 13.3 Å². The van der Waals surface area contributed by atoms with E-state index in [1.165, 1.54) is 28.0 Å². The van der Waals surface area contributed by atoms with E-state index < -0.39 is 18.0 Å². The lowest BCUT2D eigenvalue weighted by Gasteiger charge is -2.44. The predicted molar refractivity (Wildman–Crippen MR) is 98.3 cm³/mol. The molecule has 10 heteroatoms. The lowest BCUT2D eigenvalue weighted by molar-refractivity contribution is -0.161. The van der Waals surface area contributed by atoms with E-state index >= 15 is 0 Å². The molecule has 0 aliphatic carbocycles. The number of rotatable bonds is 5. The third-order valence-corrected chi connectivity index (χ3v) is 7.22. The molecule has 0 unspecified atom stereocenters. The highest BCUT2D eigenvalue weighted by molar-refractivity contribution is 8.03. The summed E-state index contributed by atoms with van der Waals surface area (Å²) in [4.78, 5) is 30.4. The molecule has 3 aliphatic heterocycles. The Balaban J connectivity index is 1.48. The number of hydrogen-bond acceptors (Lipinski definition) is 8. The molecule has 1 aromatic heterocycles. The van der Waals surface area contributed by atoms with Crippen LogP contribution < -0.4 is 11.1 Å². The number of aromatic nitrogens is 1. The Labute approximate surface area is 158 Å². The lowest BCUT2D eigenvalue weighted by Crippen LogP contribution is -2.61. The van der Waals surface area contributed by atoms with E-state index in [0.29, 0.717) is 11.6 Å². The molecule has 26 heavy (non-hydrogen) atoms. The van der Waals surface area contributed by atoms with Gasteiger partial charge in [-0.2, -0.15) is 0 Å². The Hall–Kier alpha value is -1.62. The number of carbonyl (C=O) groups excluding carboxylic acids is 1. The van der Waals surface area contributed by atoms with Crippen molar-refractivity contribution in [3.63, 3.8) is 0 Å². The highest BCUT2D eigenvalue weighted by Gasteiger charge is 2.57. The van der Waals surface area contributed by atoms with Crippen LogP contribution in [-0.2, 0) is 9.59 Å². The molecule has 0 bridgehead atoms. The molecule has 140 valence electrons. The number of aliphatic carboxylic acids is 1. The van der Waals surface area contributed by atoms with Gasteiger partial charge in [-0.1, -0.05) is 0 Å². The highest BCUT2D eigenvalue weighted by Crippen LogP contribution is 2.49. The fraction of sp³-hybridized carbons (Fsp3) is 0.562. The maximum Gasteiger partial charge on any atom is 0.353 e. The number of carboxylic acids is 1. The number of thioether (sulfide) groups is 1. The number of carbonyl (C=O) groups is 2. The zero-order valence-electron chi connectivity index (χ0n) is 14.1. The molecule has 4 rings (SSSR count). The Morgan fingerprint density at radius 1 is 1.58 bits per heavy atom. The van der Waals surface area contributed by atoms with Crippen LogP contribution in [0.2, 0.25) is 0 Å². The molecule has 2 fully saturated rings. The van der Waals surface area contributed by atoms with Crippen molar-refractivity contribution in [2.75, 3.05) is 12.3 Å². The van der Waals surface area contributed by atoms with E-state index in [1.807, 2.05) is 5.38 Å². The van der Waals surface area contributed by atoms with Crippen molar-refractivity contribution in [1.29, 1.82) is 0 Å². The van der Waals surface area contributed by atoms with Crippen molar-refractivity contribution in [3.8, 4) is 0 Å². The molecular weight excluding hydrogens is 376 g/mol. The smallest absolute Gasteiger partial charge is 0.353 e. The fourth-order valence-corrected chi connectivity index (χ4v) is 6.07. The molecule has 0 aromatic carbocycles. The second-order valence-electron chi connectivity index (χ2n) is 6.87. The summed E-state index contributed by atoms with van der Waals surface area (Å²) in [6.07, 6.45) is 0.553. The summed E-state index contributed by atoms with van der Waals surface area (Å²) in [5.41, 5.74) is 6.70. The van der Waals surface area contributed by atoms with Crippen LogP contribution in [-0.4, -0.2) is 55.9 Å². The summed E-state index contributed by atoms with van der Waals surface area (Å²) in [6, 6.07) is -0.125. The van der Waals surface area contributed by atoms with Crippen molar-refractivity contribution in [1.82, 2.24) is 15.2 Å². The van der Waals surface area contributed by atoms with Gasteiger partial charge in [-0.25, -0.2) is 9.78 Å². The quantitative estimate of drug-likeness (QED) is 0.537. The average Bonchev–Trinajstić information content (AvgIpc) is 3.25. The van der Waals surface area contributed by atoms with Gasteiger partial charge in [0.05, 0.1) is 29.8 Å². The number of nitrogen functional groups attached to an aromatic ring is 1. The van der Waals surface area contributed by atoms with Gasteiger partial charge in [0.15, 0.2) is 5.13 Å². The van der Waals surface area contributed by atoms with Gasteiger partial charge < -0.3 is 26.2 Å². The maximum atomic E-state index is 12.2. The van der Waals surface area contributed by atoms with E-state index in [0.717, 1.165) is 23.6 Å². The molecular formula is C16H20N4O4S2. The minimum atomic E-state index is -1.08. The Morgan fingerprint density at radius 2 is 2.35 bits per heavy atom. The van der Waals surface area contributed by atoms with Crippen LogP contribution in [0.3, 0.4) is 0 Å². The molecule has 1 aromatic rings. The summed E-state index contributed by atoms with van der Waals surface area (Å²) < 4.78 is 0. The van der Waals surface area contributed by atoms with Crippen LogP contribution in [0.4, 0.5) is 5.13 Å². The Morgan fingerprint density at radius 3 is 2.96 bits per heavy atom. The second-order valence-corrected chi connectivity index (χ2v) is 9.15. The third kappa shape index (κ3) is 2.81. The van der Waals surface area contributed by atoms with Crippen LogP contribution in [0.25, 0.3) is 0 Å². The zero-order chi connectivity index (χ0) is 18.6. The van der Waals surface area contributed by atoms with Crippen LogP contribution in [0.15, 0.2) is 16.0 Å². The average molecular weight is 396 g/mol. The van der Waals surface area contributed by atoms with E-state index in [1.54, 1.807) is 6.92 Å². The molecule has 0 spiro atoms. The zero-order valence-corrected chi connectivity index (χ0v) is 15.7. The Bertz CT molecular complexity index is 793. The molecule has 0 radical (unpaired) electrons. The van der Waals surface area contributed by atoms with Gasteiger partial charge >= 0.3 is 5.97 Å². The number of anilines is 1. The number of amides is 1. The lowest BCUT2D eigenvalue weighted by atomic mass is 9.83. The summed E-state index contributed by atoms with van der Waals surface area (Å²) >= 11 is 2.93. The molecule has 5 N–H and O–H groups in total. The molecule has 2 saturated heterocycles. The number of fused-ring (bicyclic) bond motifs is 1. The number of aliphatic hydroxyl groups excluding tert-OH is 1. The minimum Gasteiger partial charge on any atom is -0.477 e. The van der Waals surface area contributed by atoms with Crippen molar-refractivity contribution < 1.29 is 19.8 Å². The minimum absolute atomic E-state index is 0.0863. The first-order valence-electron chi connectivity index (χ1n) is 8.45. The highest BCUT2D eigenvalue weighted by atomic mass is 32.2. The Kier molecular flexibility index (Phi) is 4.46. The first-order valence-corrected chi connectivity index (χ1v) is 10.2. The van der Waals surface area contributed by atoms with E-state index in [-0.39, 0.29) is 28.9 Å². The number of nitrogens with one attached hydrogen (secondary N) is 1. The number of hydrogen-bond donors (Lipinski definition) is 4. The van der Waals surface area contributed by atoms with E-state index in [4.69, 9.17) is 5.73 Å². The van der Waals surface area contributed by atoms with Gasteiger partial charge in [0, 0.05) is 28.5 Å². The van der Waals surface area contributed by atoms with Gasteiger partial charge in [0.25, 0.3) is 0 Å². The van der Waals surface area contributed by atoms with Crippen LogP contribution >= 0.6 is 23.1 Å². The van der Waals surface area contributed by atoms with Gasteiger partial charge in [-0.15, -0.1) is 23.1 Å². The third-order valence-electron chi connectivity index (χ3n) is 5.19. The van der Waals surface area contributed by atoms with Crippen LogP contribution in [0.5, 0.6) is 0 Å². The monoisotopic (exact) mass is 396 g/mol. The van der Waals surface area contributed by atoms with Crippen LogP contribution in [0.1, 0.15) is 31.5 Å². The number of nitrogens with zero attached hydrogens (tertiary/aromatic N) is 2. The topological polar surface area (TPSA) is 129 Å². The number of thiazole rings is 1.